The second kappa shape index (κ2) is 6.39. The first kappa shape index (κ1) is 13.6. The van der Waals surface area contributed by atoms with Gasteiger partial charge in [-0.15, -0.1) is 17.8 Å². The van der Waals surface area contributed by atoms with Gasteiger partial charge in [0.2, 0.25) is 0 Å². The molecule has 1 aliphatic rings. The summed E-state index contributed by atoms with van der Waals surface area (Å²) in [7, 11) is 0. The smallest absolute Gasteiger partial charge is 0.348 e. The maximum absolute atomic E-state index is 11.8. The summed E-state index contributed by atoms with van der Waals surface area (Å²) in [5.74, 6) is 1.46. The largest absolute Gasteiger partial charge is 0.451 e. The summed E-state index contributed by atoms with van der Waals surface area (Å²) >= 11 is 1.47. The fourth-order valence-electron chi connectivity index (χ4n) is 1.99. The van der Waals surface area contributed by atoms with Gasteiger partial charge in [0.25, 0.3) is 5.91 Å². The predicted molar refractivity (Wildman–Crippen MR) is 73.1 cm³/mol. The summed E-state index contributed by atoms with van der Waals surface area (Å²) in [5, 5.41) is 2.44. The van der Waals surface area contributed by atoms with Crippen molar-refractivity contribution in [3.05, 3.63) is 21.4 Å². The number of carbonyl (C=O) groups is 2. The Morgan fingerprint density at radius 1 is 1.42 bits per heavy atom. The van der Waals surface area contributed by atoms with E-state index in [9.17, 15) is 9.59 Å². The molecule has 4 nitrogen and oxygen atoms in total. The molecule has 0 radical (unpaired) electrons. The third-order valence-electron chi connectivity index (χ3n) is 2.92. The lowest BCUT2D eigenvalue weighted by Crippen LogP contribution is -2.28. The average molecular weight is 277 g/mol. The molecule has 1 aromatic rings. The lowest BCUT2D eigenvalue weighted by molar-refractivity contribution is -0.123. The van der Waals surface area contributed by atoms with Gasteiger partial charge in [-0.2, -0.15) is 0 Å². The zero-order valence-electron chi connectivity index (χ0n) is 10.5. The summed E-state index contributed by atoms with van der Waals surface area (Å²) < 4.78 is 4.96. The van der Waals surface area contributed by atoms with Crippen LogP contribution in [-0.4, -0.2) is 25.0 Å². The molecule has 1 N–H and O–H groups in total. The number of carbonyl (C=O) groups excluding carboxylic acids is 2. The highest BCUT2D eigenvalue weighted by Crippen LogP contribution is 2.29. The molecule has 0 spiro atoms. The van der Waals surface area contributed by atoms with E-state index in [-0.39, 0.29) is 19.1 Å². The van der Waals surface area contributed by atoms with Gasteiger partial charge < -0.3 is 10.1 Å². The summed E-state index contributed by atoms with van der Waals surface area (Å²) in [6.45, 7) is -0.146. The summed E-state index contributed by atoms with van der Waals surface area (Å²) in [4.78, 5) is 24.9. The molecule has 1 amide bonds. The van der Waals surface area contributed by atoms with Crippen LogP contribution in [0.3, 0.4) is 0 Å². The van der Waals surface area contributed by atoms with Gasteiger partial charge in [-0.25, -0.2) is 4.79 Å². The number of aryl methyl sites for hydroxylation is 2. The maximum atomic E-state index is 11.8. The van der Waals surface area contributed by atoms with Crippen LogP contribution in [0.4, 0.5) is 0 Å². The SMILES string of the molecule is C#CCNC(=O)COC(=O)c1cc2c(s1)CCCC2. The number of terminal acetylenes is 1. The van der Waals surface area contributed by atoms with Gasteiger partial charge in [-0.05, 0) is 37.3 Å². The first-order valence-electron chi connectivity index (χ1n) is 6.19. The summed E-state index contributed by atoms with van der Waals surface area (Å²) in [6.07, 6.45) is 9.43. The molecule has 19 heavy (non-hydrogen) atoms. The van der Waals surface area contributed by atoms with E-state index in [0.29, 0.717) is 4.88 Å². The molecule has 1 heterocycles. The lowest BCUT2D eigenvalue weighted by Gasteiger charge is -2.08. The van der Waals surface area contributed by atoms with Crippen molar-refractivity contribution in [2.24, 2.45) is 0 Å². The second-order valence-corrected chi connectivity index (χ2v) is 5.46. The Kier molecular flexibility index (Phi) is 4.58. The first-order chi connectivity index (χ1) is 9.20. The molecular formula is C14H15NO3S. The monoisotopic (exact) mass is 277 g/mol. The normalized spacial score (nSPS) is 13.2. The molecule has 0 fully saturated rings. The van der Waals surface area contributed by atoms with Crippen LogP contribution in [0.2, 0.25) is 0 Å². The van der Waals surface area contributed by atoms with E-state index in [0.717, 1.165) is 12.8 Å². The third-order valence-corrected chi connectivity index (χ3v) is 4.14. The number of thiophene rings is 1. The van der Waals surface area contributed by atoms with Crippen LogP contribution in [0.25, 0.3) is 0 Å². The van der Waals surface area contributed by atoms with Gasteiger partial charge in [0.1, 0.15) is 4.88 Å². The van der Waals surface area contributed by atoms with E-state index in [4.69, 9.17) is 11.2 Å². The molecule has 2 rings (SSSR count). The molecular weight excluding hydrogens is 262 g/mol. The number of amides is 1. The third kappa shape index (κ3) is 3.58. The minimum absolute atomic E-state index is 0.143. The zero-order chi connectivity index (χ0) is 13.7. The van der Waals surface area contributed by atoms with Crippen LogP contribution >= 0.6 is 11.3 Å². The van der Waals surface area contributed by atoms with Crippen molar-refractivity contribution in [2.45, 2.75) is 25.7 Å². The molecule has 0 bridgehead atoms. The molecule has 1 aliphatic carbocycles. The molecule has 0 aromatic carbocycles. The van der Waals surface area contributed by atoms with Gasteiger partial charge in [0.15, 0.2) is 6.61 Å². The van der Waals surface area contributed by atoms with E-state index in [1.54, 1.807) is 0 Å². The van der Waals surface area contributed by atoms with E-state index < -0.39 is 5.97 Å². The van der Waals surface area contributed by atoms with Crippen LogP contribution in [0.5, 0.6) is 0 Å². The van der Waals surface area contributed by atoms with Crippen molar-refractivity contribution in [2.75, 3.05) is 13.2 Å². The van der Waals surface area contributed by atoms with E-state index in [2.05, 4.69) is 11.2 Å². The molecule has 100 valence electrons. The lowest BCUT2D eigenvalue weighted by atomic mass is 9.99. The number of fused-ring (bicyclic) bond motifs is 1. The molecule has 0 atom stereocenters. The minimum Gasteiger partial charge on any atom is -0.451 e. The topological polar surface area (TPSA) is 55.4 Å². The van der Waals surface area contributed by atoms with E-state index >= 15 is 0 Å². The quantitative estimate of drug-likeness (QED) is 0.671. The molecule has 0 aliphatic heterocycles. The van der Waals surface area contributed by atoms with Crippen LogP contribution in [-0.2, 0) is 22.4 Å². The van der Waals surface area contributed by atoms with Crippen LogP contribution < -0.4 is 5.32 Å². The fourth-order valence-corrected chi connectivity index (χ4v) is 3.14. The number of nitrogens with one attached hydrogen (secondary N) is 1. The summed E-state index contributed by atoms with van der Waals surface area (Å²) in [5.41, 5.74) is 1.25. The van der Waals surface area contributed by atoms with Gasteiger partial charge in [0.05, 0.1) is 6.54 Å². The number of ether oxygens (including phenoxy) is 1. The Hall–Kier alpha value is -1.80. The predicted octanol–water partition coefficient (Wildman–Crippen LogP) is 1.53. The van der Waals surface area contributed by atoms with Crippen molar-refractivity contribution in [1.82, 2.24) is 5.32 Å². The first-order valence-corrected chi connectivity index (χ1v) is 7.01. The molecule has 0 saturated carbocycles. The van der Waals surface area contributed by atoms with Crippen LogP contribution in [0, 0.1) is 12.3 Å². The van der Waals surface area contributed by atoms with Gasteiger partial charge >= 0.3 is 5.97 Å². The number of hydrogen-bond acceptors (Lipinski definition) is 4. The van der Waals surface area contributed by atoms with Crippen molar-refractivity contribution in [3.63, 3.8) is 0 Å². The molecule has 5 heteroatoms. The fraction of sp³-hybridized carbons (Fsp3) is 0.429. The Labute approximate surface area is 116 Å². The van der Waals surface area contributed by atoms with Gasteiger partial charge in [-0.1, -0.05) is 5.92 Å². The number of hydrogen-bond donors (Lipinski definition) is 1. The number of esters is 1. The van der Waals surface area contributed by atoms with Crippen LogP contribution in [0.15, 0.2) is 6.07 Å². The van der Waals surface area contributed by atoms with Crippen LogP contribution in [0.1, 0.15) is 33.0 Å². The maximum Gasteiger partial charge on any atom is 0.348 e. The van der Waals surface area contributed by atoms with Crippen molar-refractivity contribution in [3.8, 4) is 12.3 Å². The van der Waals surface area contributed by atoms with Crippen molar-refractivity contribution in [1.29, 1.82) is 0 Å². The Balaban J connectivity index is 1.88. The molecule has 0 saturated heterocycles. The zero-order valence-corrected chi connectivity index (χ0v) is 11.3. The number of rotatable bonds is 4. The molecule has 1 aromatic heterocycles. The average Bonchev–Trinajstić information content (AvgIpc) is 2.86. The second-order valence-electron chi connectivity index (χ2n) is 4.32. The summed E-state index contributed by atoms with van der Waals surface area (Å²) in [6, 6.07) is 1.89. The van der Waals surface area contributed by atoms with Gasteiger partial charge in [-0.3, -0.25) is 4.79 Å². The minimum atomic E-state index is -0.435. The highest BCUT2D eigenvalue weighted by molar-refractivity contribution is 7.14. The standard InChI is InChI=1S/C14H15NO3S/c1-2-7-15-13(16)9-18-14(17)12-8-10-5-3-4-6-11(10)19-12/h1,8H,3-7,9H2,(H,15,16). The van der Waals surface area contributed by atoms with Crippen molar-refractivity contribution >= 4 is 23.2 Å². The van der Waals surface area contributed by atoms with Crippen molar-refractivity contribution < 1.29 is 14.3 Å². The Morgan fingerprint density at radius 3 is 2.95 bits per heavy atom. The van der Waals surface area contributed by atoms with Gasteiger partial charge in [0, 0.05) is 4.88 Å². The molecule has 0 unspecified atom stereocenters. The Bertz CT molecular complexity index is 504. The highest BCUT2D eigenvalue weighted by Gasteiger charge is 2.18. The van der Waals surface area contributed by atoms with E-state index in [1.165, 1.54) is 34.6 Å². The Morgan fingerprint density at radius 2 is 2.21 bits per heavy atom. The highest BCUT2D eigenvalue weighted by atomic mass is 32.1. The van der Waals surface area contributed by atoms with E-state index in [1.807, 2.05) is 6.07 Å².